The van der Waals surface area contributed by atoms with Gasteiger partial charge in [-0.25, -0.2) is 9.37 Å². The Morgan fingerprint density at radius 2 is 2.26 bits per heavy atom. The van der Waals surface area contributed by atoms with E-state index < -0.39 is 0 Å². The number of nitrogens with two attached hydrogens (primary N) is 1. The van der Waals surface area contributed by atoms with Crippen LogP contribution in [0.2, 0.25) is 0 Å². The predicted molar refractivity (Wildman–Crippen MR) is 72.8 cm³/mol. The van der Waals surface area contributed by atoms with Crippen molar-refractivity contribution in [2.45, 2.75) is 32.9 Å². The van der Waals surface area contributed by atoms with E-state index in [1.807, 2.05) is 23.8 Å². The maximum atomic E-state index is 14.1. The molecular formula is C14H19FN4. The van der Waals surface area contributed by atoms with E-state index >= 15 is 0 Å². The van der Waals surface area contributed by atoms with Crippen LogP contribution in [0.4, 0.5) is 4.39 Å². The minimum absolute atomic E-state index is 0.208. The van der Waals surface area contributed by atoms with Gasteiger partial charge in [-0.2, -0.15) is 0 Å². The number of hydrogen-bond acceptors (Lipinski definition) is 3. The lowest BCUT2D eigenvalue weighted by Crippen LogP contribution is -2.31. The van der Waals surface area contributed by atoms with Crippen molar-refractivity contribution in [2.24, 2.45) is 5.84 Å². The Hall–Kier alpha value is -1.72. The normalized spacial score (nSPS) is 12.6. The number of aryl methyl sites for hydroxylation is 2. The highest BCUT2D eigenvalue weighted by molar-refractivity contribution is 5.28. The molecule has 1 unspecified atom stereocenters. The zero-order chi connectivity index (χ0) is 13.8. The molecule has 4 nitrogen and oxygen atoms in total. The molecule has 3 N–H and O–H groups in total. The second-order valence-electron chi connectivity index (χ2n) is 4.53. The van der Waals surface area contributed by atoms with Gasteiger partial charge in [0, 0.05) is 30.9 Å². The molecule has 0 saturated carbocycles. The smallest absolute Gasteiger partial charge is 0.130 e. The lowest BCUT2D eigenvalue weighted by Gasteiger charge is -2.18. The van der Waals surface area contributed by atoms with Gasteiger partial charge in [0.15, 0.2) is 0 Å². The van der Waals surface area contributed by atoms with Gasteiger partial charge in [0.2, 0.25) is 0 Å². The van der Waals surface area contributed by atoms with E-state index in [-0.39, 0.29) is 11.9 Å². The monoisotopic (exact) mass is 262 g/mol. The molecule has 2 aromatic rings. The Labute approximate surface area is 112 Å². The number of benzene rings is 1. The first-order valence-corrected chi connectivity index (χ1v) is 6.38. The average Bonchev–Trinajstić information content (AvgIpc) is 2.87. The van der Waals surface area contributed by atoms with Crippen LogP contribution in [0.3, 0.4) is 0 Å². The molecule has 0 spiro atoms. The molecule has 0 fully saturated rings. The van der Waals surface area contributed by atoms with Gasteiger partial charge in [0.1, 0.15) is 11.6 Å². The summed E-state index contributed by atoms with van der Waals surface area (Å²) in [7, 11) is 0. The number of hydrogen-bond donors (Lipinski definition) is 2. The van der Waals surface area contributed by atoms with E-state index in [1.54, 1.807) is 25.3 Å². The third-order valence-electron chi connectivity index (χ3n) is 3.33. The topological polar surface area (TPSA) is 55.9 Å². The summed E-state index contributed by atoms with van der Waals surface area (Å²) in [6.07, 6.45) is 4.21. The van der Waals surface area contributed by atoms with Crippen molar-refractivity contribution < 1.29 is 4.39 Å². The van der Waals surface area contributed by atoms with E-state index in [9.17, 15) is 4.39 Å². The standard InChI is InChI=1S/C14H19FN4/c1-3-19-8-7-17-13(19)9-12(18-16)11-6-4-5-10(2)14(11)15/h4-8,12,18H,3,9,16H2,1-2H3. The minimum Gasteiger partial charge on any atom is -0.335 e. The van der Waals surface area contributed by atoms with Crippen LogP contribution in [0.5, 0.6) is 0 Å². The van der Waals surface area contributed by atoms with Crippen LogP contribution in [0.25, 0.3) is 0 Å². The van der Waals surface area contributed by atoms with Crippen molar-refractivity contribution in [3.8, 4) is 0 Å². The van der Waals surface area contributed by atoms with Gasteiger partial charge < -0.3 is 4.57 Å². The molecule has 1 atom stereocenters. The molecule has 1 aromatic heterocycles. The summed E-state index contributed by atoms with van der Waals surface area (Å²) < 4.78 is 16.2. The summed E-state index contributed by atoms with van der Waals surface area (Å²) >= 11 is 0. The SMILES string of the molecule is CCn1ccnc1CC(NN)c1cccc(C)c1F. The molecule has 0 aliphatic carbocycles. The quantitative estimate of drug-likeness (QED) is 0.641. The highest BCUT2D eigenvalue weighted by atomic mass is 19.1. The van der Waals surface area contributed by atoms with Crippen LogP contribution in [0, 0.1) is 12.7 Å². The lowest BCUT2D eigenvalue weighted by molar-refractivity contribution is 0.490. The summed E-state index contributed by atoms with van der Waals surface area (Å²) in [4.78, 5) is 4.30. The Bertz CT molecular complexity index is 550. The second kappa shape index (κ2) is 5.95. The largest absolute Gasteiger partial charge is 0.335 e. The van der Waals surface area contributed by atoms with Crippen LogP contribution in [-0.4, -0.2) is 9.55 Å². The summed E-state index contributed by atoms with van der Waals surface area (Å²) in [5, 5.41) is 0. The molecule has 1 heterocycles. The van der Waals surface area contributed by atoms with Gasteiger partial charge in [-0.05, 0) is 19.4 Å². The zero-order valence-corrected chi connectivity index (χ0v) is 11.2. The van der Waals surface area contributed by atoms with Gasteiger partial charge in [0.25, 0.3) is 0 Å². The maximum absolute atomic E-state index is 14.1. The van der Waals surface area contributed by atoms with E-state index in [0.717, 1.165) is 12.4 Å². The number of nitrogens with zero attached hydrogens (tertiary/aromatic N) is 2. The Morgan fingerprint density at radius 1 is 1.47 bits per heavy atom. The van der Waals surface area contributed by atoms with Gasteiger partial charge in [-0.1, -0.05) is 18.2 Å². The van der Waals surface area contributed by atoms with Crippen molar-refractivity contribution in [1.82, 2.24) is 15.0 Å². The van der Waals surface area contributed by atoms with E-state index in [4.69, 9.17) is 5.84 Å². The van der Waals surface area contributed by atoms with Gasteiger partial charge >= 0.3 is 0 Å². The number of rotatable bonds is 5. The van der Waals surface area contributed by atoms with Crippen LogP contribution in [-0.2, 0) is 13.0 Å². The summed E-state index contributed by atoms with van der Waals surface area (Å²) in [6, 6.07) is 5.06. The van der Waals surface area contributed by atoms with Crippen molar-refractivity contribution in [3.05, 3.63) is 53.4 Å². The summed E-state index contributed by atoms with van der Waals surface area (Å²) in [6.45, 7) is 4.63. The first-order chi connectivity index (χ1) is 9.17. The van der Waals surface area contributed by atoms with E-state index in [1.165, 1.54) is 0 Å². The van der Waals surface area contributed by atoms with Crippen LogP contribution in [0.15, 0.2) is 30.6 Å². The molecule has 0 amide bonds. The molecule has 102 valence electrons. The third kappa shape index (κ3) is 2.83. The van der Waals surface area contributed by atoms with E-state index in [0.29, 0.717) is 17.5 Å². The molecule has 0 saturated heterocycles. The molecule has 2 rings (SSSR count). The summed E-state index contributed by atoms with van der Waals surface area (Å²) in [5.41, 5.74) is 3.88. The molecule has 0 radical (unpaired) electrons. The van der Waals surface area contributed by atoms with Crippen LogP contribution >= 0.6 is 0 Å². The predicted octanol–water partition coefficient (Wildman–Crippen LogP) is 2.10. The number of hydrazine groups is 1. The van der Waals surface area contributed by atoms with Gasteiger partial charge in [0.05, 0.1) is 6.04 Å². The highest BCUT2D eigenvalue weighted by Gasteiger charge is 2.18. The van der Waals surface area contributed by atoms with Crippen molar-refractivity contribution in [3.63, 3.8) is 0 Å². The average molecular weight is 262 g/mol. The first-order valence-electron chi connectivity index (χ1n) is 6.38. The number of nitrogens with one attached hydrogen (secondary N) is 1. The number of aromatic nitrogens is 2. The molecule has 1 aromatic carbocycles. The molecule has 5 heteroatoms. The van der Waals surface area contributed by atoms with Crippen molar-refractivity contribution in [1.29, 1.82) is 0 Å². The van der Waals surface area contributed by atoms with Crippen molar-refractivity contribution in [2.75, 3.05) is 0 Å². The second-order valence-corrected chi connectivity index (χ2v) is 4.53. The minimum atomic E-state index is -0.285. The Morgan fingerprint density at radius 3 is 2.95 bits per heavy atom. The summed E-state index contributed by atoms with van der Waals surface area (Å²) in [5.74, 6) is 6.26. The fourth-order valence-electron chi connectivity index (χ4n) is 2.20. The van der Waals surface area contributed by atoms with Gasteiger partial charge in [-0.15, -0.1) is 0 Å². The fourth-order valence-corrected chi connectivity index (χ4v) is 2.20. The number of imidazole rings is 1. The zero-order valence-electron chi connectivity index (χ0n) is 11.2. The van der Waals surface area contributed by atoms with Crippen molar-refractivity contribution >= 4 is 0 Å². The number of halogens is 1. The van der Waals surface area contributed by atoms with Crippen LogP contribution in [0.1, 0.15) is 29.9 Å². The molecular weight excluding hydrogens is 243 g/mol. The molecule has 0 bridgehead atoms. The highest BCUT2D eigenvalue weighted by Crippen LogP contribution is 2.22. The third-order valence-corrected chi connectivity index (χ3v) is 3.33. The first kappa shape index (κ1) is 13.7. The van der Waals surface area contributed by atoms with Crippen LogP contribution < -0.4 is 11.3 Å². The maximum Gasteiger partial charge on any atom is 0.130 e. The molecule has 0 aliphatic heterocycles. The van der Waals surface area contributed by atoms with Gasteiger partial charge in [-0.3, -0.25) is 11.3 Å². The lowest BCUT2D eigenvalue weighted by atomic mass is 10.0. The Balaban J connectivity index is 2.28. The molecule has 0 aliphatic rings. The fraction of sp³-hybridized carbons (Fsp3) is 0.357. The molecule has 19 heavy (non-hydrogen) atoms. The van der Waals surface area contributed by atoms with E-state index in [2.05, 4.69) is 10.4 Å². The Kier molecular flexibility index (Phi) is 4.29.